The van der Waals surface area contributed by atoms with E-state index in [4.69, 9.17) is 4.74 Å². The van der Waals surface area contributed by atoms with Crippen molar-refractivity contribution < 1.29 is 19.7 Å². The van der Waals surface area contributed by atoms with E-state index in [1.165, 1.54) is 0 Å². The maximum atomic E-state index is 11.3. The van der Waals surface area contributed by atoms with Gasteiger partial charge in [0.15, 0.2) is 0 Å². The van der Waals surface area contributed by atoms with Gasteiger partial charge in [0.2, 0.25) is 0 Å². The van der Waals surface area contributed by atoms with Gasteiger partial charge in [-0.2, -0.15) is 0 Å². The number of aliphatic hydroxyl groups is 1. The molecule has 1 saturated heterocycles. The standard InChI is InChI=1S/C15H22N2O4/c1-9(2)13-4-11(15(19)20)5-14(16-13)17-6-10(3)21-12(7-17)8-18/h4-5,9-10,12,18H,6-8H2,1-3H3,(H,19,20). The summed E-state index contributed by atoms with van der Waals surface area (Å²) in [6.45, 7) is 6.97. The molecule has 116 valence electrons. The number of aromatic carboxylic acids is 1. The van der Waals surface area contributed by atoms with Gasteiger partial charge in [-0.1, -0.05) is 13.8 Å². The average Bonchev–Trinajstić information content (AvgIpc) is 2.45. The van der Waals surface area contributed by atoms with Crippen LogP contribution in [0.1, 0.15) is 42.7 Å². The summed E-state index contributed by atoms with van der Waals surface area (Å²) in [5, 5.41) is 18.5. The molecule has 0 saturated carbocycles. The van der Waals surface area contributed by atoms with Crippen LogP contribution in [0, 0.1) is 0 Å². The number of aliphatic hydroxyl groups excluding tert-OH is 1. The number of hydrogen-bond donors (Lipinski definition) is 2. The Morgan fingerprint density at radius 3 is 2.76 bits per heavy atom. The lowest BCUT2D eigenvalue weighted by Crippen LogP contribution is -2.48. The Morgan fingerprint density at radius 2 is 2.19 bits per heavy atom. The van der Waals surface area contributed by atoms with Crippen LogP contribution in [0.3, 0.4) is 0 Å². The molecule has 1 aliphatic rings. The zero-order valence-electron chi connectivity index (χ0n) is 12.6. The molecule has 1 aliphatic heterocycles. The molecule has 0 bridgehead atoms. The van der Waals surface area contributed by atoms with Gasteiger partial charge in [0.25, 0.3) is 0 Å². The Kier molecular flexibility index (Phi) is 4.80. The number of carboxylic acid groups (broad SMARTS) is 1. The van der Waals surface area contributed by atoms with Gasteiger partial charge in [-0.15, -0.1) is 0 Å². The van der Waals surface area contributed by atoms with Gasteiger partial charge >= 0.3 is 5.97 Å². The van der Waals surface area contributed by atoms with Gasteiger partial charge in [-0.05, 0) is 25.0 Å². The topological polar surface area (TPSA) is 82.9 Å². The van der Waals surface area contributed by atoms with Crippen molar-refractivity contribution in [1.82, 2.24) is 4.98 Å². The average molecular weight is 294 g/mol. The van der Waals surface area contributed by atoms with E-state index in [9.17, 15) is 15.0 Å². The highest BCUT2D eigenvalue weighted by molar-refractivity contribution is 5.88. The highest BCUT2D eigenvalue weighted by atomic mass is 16.5. The number of nitrogens with zero attached hydrogens (tertiary/aromatic N) is 2. The molecule has 6 nitrogen and oxygen atoms in total. The largest absolute Gasteiger partial charge is 0.478 e. The van der Waals surface area contributed by atoms with Gasteiger partial charge < -0.3 is 19.8 Å². The van der Waals surface area contributed by atoms with Crippen LogP contribution in [-0.4, -0.2) is 53.1 Å². The van der Waals surface area contributed by atoms with Crippen LogP contribution < -0.4 is 4.90 Å². The third kappa shape index (κ3) is 3.71. The number of aromatic nitrogens is 1. The Bertz CT molecular complexity index is 518. The first-order valence-electron chi connectivity index (χ1n) is 7.17. The molecule has 0 amide bonds. The summed E-state index contributed by atoms with van der Waals surface area (Å²) in [4.78, 5) is 17.8. The highest BCUT2D eigenvalue weighted by Crippen LogP contribution is 2.23. The second-order valence-electron chi connectivity index (χ2n) is 5.76. The molecule has 6 heteroatoms. The molecule has 1 aromatic rings. The van der Waals surface area contributed by atoms with Crippen molar-refractivity contribution in [1.29, 1.82) is 0 Å². The number of pyridine rings is 1. The Morgan fingerprint density at radius 1 is 1.48 bits per heavy atom. The first-order valence-corrected chi connectivity index (χ1v) is 7.17. The molecule has 2 atom stereocenters. The van der Waals surface area contributed by atoms with Crippen LogP contribution in [-0.2, 0) is 4.74 Å². The van der Waals surface area contributed by atoms with E-state index in [1.54, 1.807) is 12.1 Å². The number of anilines is 1. The van der Waals surface area contributed by atoms with Crippen molar-refractivity contribution in [3.63, 3.8) is 0 Å². The smallest absolute Gasteiger partial charge is 0.335 e. The predicted octanol–water partition coefficient (Wildman–Crippen LogP) is 1.49. The van der Waals surface area contributed by atoms with E-state index >= 15 is 0 Å². The zero-order valence-corrected chi connectivity index (χ0v) is 12.6. The lowest BCUT2D eigenvalue weighted by atomic mass is 10.1. The number of morpholine rings is 1. The SMILES string of the molecule is CC1CN(c2cc(C(=O)O)cc(C(C)C)n2)CC(CO)O1. The zero-order chi connectivity index (χ0) is 15.6. The fourth-order valence-electron chi connectivity index (χ4n) is 2.45. The van der Waals surface area contributed by atoms with Crippen LogP contribution >= 0.6 is 0 Å². The van der Waals surface area contributed by atoms with Gasteiger partial charge in [0.05, 0.1) is 24.4 Å². The second kappa shape index (κ2) is 6.41. The van der Waals surface area contributed by atoms with E-state index < -0.39 is 5.97 Å². The molecule has 2 rings (SSSR count). The normalized spacial score (nSPS) is 22.6. The predicted molar refractivity (Wildman–Crippen MR) is 78.9 cm³/mol. The lowest BCUT2D eigenvalue weighted by Gasteiger charge is -2.37. The number of ether oxygens (including phenoxy) is 1. The third-order valence-electron chi connectivity index (χ3n) is 3.52. The first-order chi connectivity index (χ1) is 9.90. The fourth-order valence-corrected chi connectivity index (χ4v) is 2.45. The monoisotopic (exact) mass is 294 g/mol. The van der Waals surface area contributed by atoms with Crippen molar-refractivity contribution in [2.45, 2.75) is 38.9 Å². The van der Waals surface area contributed by atoms with Crippen molar-refractivity contribution in [3.05, 3.63) is 23.4 Å². The summed E-state index contributed by atoms with van der Waals surface area (Å²) < 4.78 is 5.61. The molecular weight excluding hydrogens is 272 g/mol. The number of carboxylic acids is 1. The van der Waals surface area contributed by atoms with E-state index in [0.29, 0.717) is 18.9 Å². The minimum absolute atomic E-state index is 0.0336. The van der Waals surface area contributed by atoms with Crippen LogP contribution in [0.2, 0.25) is 0 Å². The van der Waals surface area contributed by atoms with Crippen molar-refractivity contribution in [2.75, 3.05) is 24.6 Å². The van der Waals surface area contributed by atoms with Crippen LogP contribution in [0.5, 0.6) is 0 Å². The van der Waals surface area contributed by atoms with Gasteiger partial charge in [0, 0.05) is 18.8 Å². The summed E-state index contributed by atoms with van der Waals surface area (Å²) >= 11 is 0. The molecule has 1 fully saturated rings. The summed E-state index contributed by atoms with van der Waals surface area (Å²) in [6.07, 6.45) is -0.305. The highest BCUT2D eigenvalue weighted by Gasteiger charge is 2.26. The second-order valence-corrected chi connectivity index (χ2v) is 5.76. The third-order valence-corrected chi connectivity index (χ3v) is 3.52. The maximum Gasteiger partial charge on any atom is 0.335 e. The quantitative estimate of drug-likeness (QED) is 0.875. The molecule has 1 aromatic heterocycles. The number of carbonyl (C=O) groups is 1. The molecule has 2 heterocycles. The van der Waals surface area contributed by atoms with Gasteiger partial charge in [-0.3, -0.25) is 0 Å². The summed E-state index contributed by atoms with van der Waals surface area (Å²) in [5.41, 5.74) is 0.994. The van der Waals surface area contributed by atoms with Crippen LogP contribution in [0.25, 0.3) is 0 Å². The Labute approximate surface area is 124 Å². The number of hydrogen-bond acceptors (Lipinski definition) is 5. The molecule has 0 spiro atoms. The summed E-state index contributed by atoms with van der Waals surface area (Å²) in [7, 11) is 0. The van der Waals surface area contributed by atoms with Crippen molar-refractivity contribution >= 4 is 11.8 Å². The molecule has 0 aliphatic carbocycles. The van der Waals surface area contributed by atoms with E-state index in [-0.39, 0.29) is 30.3 Å². The fraction of sp³-hybridized carbons (Fsp3) is 0.600. The molecule has 2 unspecified atom stereocenters. The first kappa shape index (κ1) is 15.7. The van der Waals surface area contributed by atoms with E-state index in [2.05, 4.69) is 4.98 Å². The van der Waals surface area contributed by atoms with Gasteiger partial charge in [0.1, 0.15) is 5.82 Å². The summed E-state index contributed by atoms with van der Waals surface area (Å²) in [6, 6.07) is 3.20. The summed E-state index contributed by atoms with van der Waals surface area (Å²) in [5.74, 6) is -0.178. The molecule has 21 heavy (non-hydrogen) atoms. The van der Waals surface area contributed by atoms with E-state index in [1.807, 2.05) is 25.7 Å². The van der Waals surface area contributed by atoms with Crippen LogP contribution in [0.4, 0.5) is 5.82 Å². The minimum atomic E-state index is -0.958. The van der Waals surface area contributed by atoms with Gasteiger partial charge in [-0.25, -0.2) is 9.78 Å². The minimum Gasteiger partial charge on any atom is -0.478 e. The molecule has 2 N–H and O–H groups in total. The number of rotatable bonds is 4. The van der Waals surface area contributed by atoms with E-state index in [0.717, 1.165) is 5.69 Å². The Hall–Kier alpha value is -1.66. The van der Waals surface area contributed by atoms with Crippen molar-refractivity contribution in [2.24, 2.45) is 0 Å². The lowest BCUT2D eigenvalue weighted by molar-refractivity contribution is -0.0423. The molecule has 0 aromatic carbocycles. The molecular formula is C15H22N2O4. The Balaban J connectivity index is 2.35. The van der Waals surface area contributed by atoms with Crippen molar-refractivity contribution in [3.8, 4) is 0 Å². The maximum absolute atomic E-state index is 11.3. The van der Waals surface area contributed by atoms with Crippen LogP contribution in [0.15, 0.2) is 12.1 Å². The molecule has 0 radical (unpaired) electrons.